The van der Waals surface area contributed by atoms with Crippen LogP contribution in [-0.4, -0.2) is 43.1 Å². The summed E-state index contributed by atoms with van der Waals surface area (Å²) in [6.07, 6.45) is 1.60. The van der Waals surface area contributed by atoms with E-state index >= 15 is 0 Å². The summed E-state index contributed by atoms with van der Waals surface area (Å²) in [4.78, 5) is 2.14. The van der Waals surface area contributed by atoms with Crippen LogP contribution in [0.5, 0.6) is 23.0 Å². The topological polar surface area (TPSA) is 52.2 Å². The highest BCUT2D eigenvalue weighted by molar-refractivity contribution is 7.80. The molecular formula is C23H28N2O4S. The first-order chi connectivity index (χ1) is 14.5. The van der Waals surface area contributed by atoms with Crippen molar-refractivity contribution in [3.63, 3.8) is 0 Å². The van der Waals surface area contributed by atoms with Gasteiger partial charge < -0.3 is 29.2 Å². The molecule has 2 aliphatic rings. The molecule has 160 valence electrons. The van der Waals surface area contributed by atoms with Crippen molar-refractivity contribution in [3.05, 3.63) is 47.5 Å². The van der Waals surface area contributed by atoms with Gasteiger partial charge in [-0.1, -0.05) is 18.2 Å². The van der Waals surface area contributed by atoms with Gasteiger partial charge in [0.2, 0.25) is 0 Å². The molecule has 6 nitrogen and oxygen atoms in total. The van der Waals surface area contributed by atoms with Gasteiger partial charge in [0, 0.05) is 18.5 Å². The smallest absolute Gasteiger partial charge is 0.184 e. The number of hydrogen-bond acceptors (Lipinski definition) is 5. The number of nitrogens with zero attached hydrogens (tertiary/aromatic N) is 1. The van der Waals surface area contributed by atoms with Crippen LogP contribution in [0.4, 0.5) is 0 Å². The predicted molar refractivity (Wildman–Crippen MR) is 120 cm³/mol. The van der Waals surface area contributed by atoms with Crippen LogP contribution in [0.2, 0.25) is 0 Å². The molecule has 7 heteroatoms. The van der Waals surface area contributed by atoms with Crippen molar-refractivity contribution in [2.45, 2.75) is 38.5 Å². The van der Waals surface area contributed by atoms with E-state index in [0.717, 1.165) is 53.5 Å². The molecule has 0 radical (unpaired) electrons. The Morgan fingerprint density at radius 1 is 1.17 bits per heavy atom. The summed E-state index contributed by atoms with van der Waals surface area (Å²) in [5, 5.41) is 4.21. The molecule has 0 amide bonds. The van der Waals surface area contributed by atoms with Crippen LogP contribution in [0.15, 0.2) is 36.4 Å². The number of fused-ring (bicyclic) bond motifs is 4. The number of para-hydroxylation sites is 1. The monoisotopic (exact) mass is 428 g/mol. The van der Waals surface area contributed by atoms with Crippen LogP contribution >= 0.6 is 12.2 Å². The second-order valence-corrected chi connectivity index (χ2v) is 8.07. The Balaban J connectivity index is 1.57. The molecule has 2 aliphatic heterocycles. The second-order valence-electron chi connectivity index (χ2n) is 7.68. The minimum Gasteiger partial charge on any atom is -0.493 e. The molecule has 2 aromatic carbocycles. The number of nitrogens with one attached hydrogen (secondary N) is 1. The predicted octanol–water partition coefficient (Wildman–Crippen LogP) is 4.08. The SMILES string of the molecule is CCOc1cccc2c1O[C@@]1(C)C[C@H]2NC(=S)N1CCc1ccc(OC)c(OC)c1. The van der Waals surface area contributed by atoms with Crippen LogP contribution in [-0.2, 0) is 6.42 Å². The van der Waals surface area contributed by atoms with E-state index in [0.29, 0.717) is 11.7 Å². The van der Waals surface area contributed by atoms with Crippen molar-refractivity contribution < 1.29 is 18.9 Å². The largest absolute Gasteiger partial charge is 0.493 e. The van der Waals surface area contributed by atoms with E-state index in [9.17, 15) is 0 Å². The molecule has 1 saturated heterocycles. The molecule has 0 aliphatic carbocycles. The Kier molecular flexibility index (Phi) is 5.64. The van der Waals surface area contributed by atoms with Crippen LogP contribution in [0.1, 0.15) is 37.4 Å². The Bertz CT molecular complexity index is 951. The van der Waals surface area contributed by atoms with Gasteiger partial charge in [-0.05, 0) is 56.2 Å². The van der Waals surface area contributed by atoms with E-state index in [1.54, 1.807) is 14.2 Å². The number of methoxy groups -OCH3 is 2. The first-order valence-corrected chi connectivity index (χ1v) is 10.6. The number of thiocarbonyl (C=S) groups is 1. The second kappa shape index (κ2) is 8.22. The minimum absolute atomic E-state index is 0.115. The summed E-state index contributed by atoms with van der Waals surface area (Å²) in [7, 11) is 3.29. The standard InChI is InChI=1S/C23H28N2O4S/c1-5-28-19-8-6-7-16-17-14-23(2,29-21(16)19)25(22(30)24-17)12-11-15-9-10-18(26-3)20(13-15)27-4/h6-10,13,17H,5,11-12,14H2,1-4H3,(H,24,30)/t17-,23+/m1/s1. The third-order valence-corrected chi connectivity index (χ3v) is 6.11. The zero-order valence-corrected chi connectivity index (χ0v) is 18.7. The molecule has 1 fully saturated rings. The summed E-state index contributed by atoms with van der Waals surface area (Å²) in [5.41, 5.74) is 1.71. The highest BCUT2D eigenvalue weighted by Gasteiger charge is 2.48. The molecule has 1 N–H and O–H groups in total. The Hall–Kier alpha value is -2.67. The molecule has 2 aromatic rings. The van der Waals surface area contributed by atoms with Gasteiger partial charge in [0.25, 0.3) is 0 Å². The summed E-state index contributed by atoms with van der Waals surface area (Å²) in [5.74, 6) is 3.04. The fraction of sp³-hybridized carbons (Fsp3) is 0.435. The molecule has 0 unspecified atom stereocenters. The van der Waals surface area contributed by atoms with Crippen molar-refractivity contribution in [1.29, 1.82) is 0 Å². The quantitative estimate of drug-likeness (QED) is 0.667. The Morgan fingerprint density at radius 3 is 2.70 bits per heavy atom. The van der Waals surface area contributed by atoms with E-state index in [1.165, 1.54) is 0 Å². The third kappa shape index (κ3) is 3.62. The molecule has 2 bridgehead atoms. The van der Waals surface area contributed by atoms with E-state index in [4.69, 9.17) is 31.2 Å². The van der Waals surface area contributed by atoms with Crippen molar-refractivity contribution in [2.24, 2.45) is 0 Å². The molecule has 2 heterocycles. The Labute approximate surface area is 183 Å². The van der Waals surface area contributed by atoms with E-state index < -0.39 is 5.72 Å². The van der Waals surface area contributed by atoms with Gasteiger partial charge >= 0.3 is 0 Å². The van der Waals surface area contributed by atoms with E-state index in [1.807, 2.05) is 31.2 Å². The van der Waals surface area contributed by atoms with Crippen molar-refractivity contribution in [3.8, 4) is 23.0 Å². The first kappa shape index (κ1) is 20.6. The lowest BCUT2D eigenvalue weighted by atomic mass is 9.90. The maximum atomic E-state index is 6.56. The van der Waals surface area contributed by atoms with Gasteiger partial charge in [-0.25, -0.2) is 0 Å². The van der Waals surface area contributed by atoms with Gasteiger partial charge in [-0.2, -0.15) is 0 Å². The van der Waals surface area contributed by atoms with Crippen LogP contribution in [0.25, 0.3) is 0 Å². The number of ether oxygens (including phenoxy) is 4. The van der Waals surface area contributed by atoms with Gasteiger partial charge in [0.05, 0.1) is 26.9 Å². The number of hydrogen-bond donors (Lipinski definition) is 1. The fourth-order valence-electron chi connectivity index (χ4n) is 4.29. The zero-order valence-electron chi connectivity index (χ0n) is 17.9. The van der Waals surface area contributed by atoms with E-state index in [-0.39, 0.29) is 6.04 Å². The summed E-state index contributed by atoms with van der Waals surface area (Å²) in [6.45, 7) is 5.40. The Morgan fingerprint density at radius 2 is 1.97 bits per heavy atom. The molecule has 30 heavy (non-hydrogen) atoms. The lowest BCUT2D eigenvalue weighted by molar-refractivity contribution is -0.0693. The van der Waals surface area contributed by atoms with Crippen LogP contribution in [0.3, 0.4) is 0 Å². The normalized spacial score (nSPS) is 21.9. The number of benzene rings is 2. The maximum absolute atomic E-state index is 6.56. The lowest BCUT2D eigenvalue weighted by Gasteiger charge is -2.52. The molecule has 4 rings (SSSR count). The third-order valence-electron chi connectivity index (χ3n) is 5.78. The molecule has 0 saturated carbocycles. The first-order valence-electron chi connectivity index (χ1n) is 10.2. The van der Waals surface area contributed by atoms with Gasteiger partial charge in [0.15, 0.2) is 33.8 Å². The lowest BCUT2D eigenvalue weighted by Crippen LogP contribution is -2.64. The van der Waals surface area contributed by atoms with Gasteiger partial charge in [-0.3, -0.25) is 0 Å². The van der Waals surface area contributed by atoms with Crippen molar-refractivity contribution in [2.75, 3.05) is 27.4 Å². The zero-order chi connectivity index (χ0) is 21.3. The van der Waals surface area contributed by atoms with Gasteiger partial charge in [0.1, 0.15) is 0 Å². The molecule has 2 atom stereocenters. The molecule has 0 aromatic heterocycles. The summed E-state index contributed by atoms with van der Waals surface area (Å²) >= 11 is 5.73. The fourth-order valence-corrected chi connectivity index (χ4v) is 4.71. The average molecular weight is 429 g/mol. The van der Waals surface area contributed by atoms with Gasteiger partial charge in [-0.15, -0.1) is 0 Å². The van der Waals surface area contributed by atoms with Crippen LogP contribution in [0, 0.1) is 0 Å². The highest BCUT2D eigenvalue weighted by Crippen LogP contribution is 2.48. The highest BCUT2D eigenvalue weighted by atomic mass is 32.1. The van der Waals surface area contributed by atoms with Crippen molar-refractivity contribution in [1.82, 2.24) is 10.2 Å². The van der Waals surface area contributed by atoms with Crippen molar-refractivity contribution >= 4 is 17.3 Å². The minimum atomic E-state index is -0.538. The average Bonchev–Trinajstić information content (AvgIpc) is 2.73. The maximum Gasteiger partial charge on any atom is 0.184 e. The van der Waals surface area contributed by atoms with E-state index in [2.05, 4.69) is 29.3 Å². The number of rotatable bonds is 7. The molecule has 0 spiro atoms. The summed E-state index contributed by atoms with van der Waals surface area (Å²) < 4.78 is 23.2. The molecular weight excluding hydrogens is 400 g/mol. The summed E-state index contributed by atoms with van der Waals surface area (Å²) in [6, 6.07) is 12.1. The van der Waals surface area contributed by atoms with Crippen LogP contribution < -0.4 is 24.3 Å².